The van der Waals surface area contributed by atoms with Gasteiger partial charge in [0.05, 0.1) is 18.6 Å². The molecule has 0 fully saturated rings. The van der Waals surface area contributed by atoms with Crippen molar-refractivity contribution in [2.24, 2.45) is 11.7 Å². The lowest BCUT2D eigenvalue weighted by Gasteiger charge is -2.15. The number of amides is 1. The molecule has 0 aliphatic rings. The maximum absolute atomic E-state index is 10.9. The second kappa shape index (κ2) is 6.02. The summed E-state index contributed by atoms with van der Waals surface area (Å²) < 4.78 is 6.36. The van der Waals surface area contributed by atoms with Crippen LogP contribution in [0.1, 0.15) is 25.5 Å². The van der Waals surface area contributed by atoms with Gasteiger partial charge < -0.3 is 15.6 Å². The zero-order chi connectivity index (χ0) is 13.0. The molecule has 3 N–H and O–H groups in total. The summed E-state index contributed by atoms with van der Waals surface area (Å²) in [7, 11) is 0. The van der Waals surface area contributed by atoms with Gasteiger partial charge in [-0.3, -0.25) is 4.79 Å². The van der Waals surface area contributed by atoms with Crippen LogP contribution in [0.5, 0.6) is 5.75 Å². The zero-order valence-corrected chi connectivity index (χ0v) is 11.4. The third-order valence-corrected chi connectivity index (χ3v) is 2.89. The van der Waals surface area contributed by atoms with Crippen molar-refractivity contribution >= 4 is 21.8 Å². The number of hydrogen-bond donors (Lipinski definition) is 2. The Kier molecular flexibility index (Phi) is 4.96. The first kappa shape index (κ1) is 14.0. The molecule has 0 heterocycles. The predicted molar refractivity (Wildman–Crippen MR) is 68.6 cm³/mol. The molecule has 0 radical (unpaired) electrons. The molecule has 0 bridgehead atoms. The second-order valence-electron chi connectivity index (χ2n) is 3.97. The highest BCUT2D eigenvalue weighted by atomic mass is 79.9. The molecule has 2 atom stereocenters. The summed E-state index contributed by atoms with van der Waals surface area (Å²) in [6.07, 6.45) is -0.623. The van der Waals surface area contributed by atoms with Gasteiger partial charge in [0.2, 0.25) is 5.91 Å². The number of hydrogen-bond acceptors (Lipinski definition) is 3. The van der Waals surface area contributed by atoms with Crippen molar-refractivity contribution in [1.29, 1.82) is 0 Å². The second-order valence-corrected chi connectivity index (χ2v) is 4.89. The van der Waals surface area contributed by atoms with Gasteiger partial charge in [-0.1, -0.05) is 28.9 Å². The van der Waals surface area contributed by atoms with Gasteiger partial charge in [-0.25, -0.2) is 0 Å². The molecule has 4 nitrogen and oxygen atoms in total. The third kappa shape index (κ3) is 4.02. The summed E-state index contributed by atoms with van der Waals surface area (Å²) in [4.78, 5) is 10.9. The van der Waals surface area contributed by atoms with Crippen molar-refractivity contribution in [2.45, 2.75) is 20.0 Å². The fourth-order valence-corrected chi connectivity index (χ4v) is 1.62. The number of carbonyl (C=O) groups excluding carboxylic acids is 1. The molecule has 1 aromatic carbocycles. The lowest BCUT2D eigenvalue weighted by atomic mass is 10.1. The SMILES string of the molecule is CC(COc1cc(Br)ccc1C(C)O)C(N)=O. The summed E-state index contributed by atoms with van der Waals surface area (Å²) in [5.74, 6) is -0.211. The molecule has 0 aromatic heterocycles. The van der Waals surface area contributed by atoms with Crippen molar-refractivity contribution in [3.05, 3.63) is 28.2 Å². The third-order valence-electron chi connectivity index (χ3n) is 2.40. The maximum Gasteiger partial charge on any atom is 0.223 e. The minimum absolute atomic E-state index is 0.200. The van der Waals surface area contributed by atoms with Crippen LogP contribution in [0.15, 0.2) is 22.7 Å². The number of benzene rings is 1. The monoisotopic (exact) mass is 301 g/mol. The zero-order valence-electron chi connectivity index (χ0n) is 9.81. The van der Waals surface area contributed by atoms with E-state index in [9.17, 15) is 9.90 Å². The molecule has 2 unspecified atom stereocenters. The number of rotatable bonds is 5. The Hall–Kier alpha value is -1.07. The molecule has 1 amide bonds. The highest BCUT2D eigenvalue weighted by molar-refractivity contribution is 9.10. The molecular weight excluding hydrogens is 286 g/mol. The van der Waals surface area contributed by atoms with Crippen LogP contribution in [0, 0.1) is 5.92 Å². The Labute approximate surface area is 109 Å². The molecule has 0 saturated heterocycles. The van der Waals surface area contributed by atoms with E-state index in [0.717, 1.165) is 4.47 Å². The predicted octanol–water partition coefficient (Wildman–Crippen LogP) is 2.00. The lowest BCUT2D eigenvalue weighted by Crippen LogP contribution is -2.26. The molecule has 0 spiro atoms. The van der Waals surface area contributed by atoms with E-state index in [-0.39, 0.29) is 12.5 Å². The van der Waals surface area contributed by atoms with Crippen LogP contribution in [-0.2, 0) is 4.79 Å². The van der Waals surface area contributed by atoms with Gasteiger partial charge in [0, 0.05) is 10.0 Å². The lowest BCUT2D eigenvalue weighted by molar-refractivity contribution is -0.122. The molecule has 0 aliphatic carbocycles. The van der Waals surface area contributed by atoms with E-state index in [0.29, 0.717) is 11.3 Å². The summed E-state index contributed by atoms with van der Waals surface area (Å²) in [5, 5.41) is 9.58. The summed E-state index contributed by atoms with van der Waals surface area (Å²) >= 11 is 3.33. The standard InChI is InChI=1S/C12H16BrNO3/c1-7(12(14)16)6-17-11-5-9(13)3-4-10(11)8(2)15/h3-5,7-8,15H,6H2,1-2H3,(H2,14,16). The number of primary amides is 1. The number of aliphatic hydroxyl groups is 1. The average Bonchev–Trinajstić information content (AvgIpc) is 2.25. The first-order valence-electron chi connectivity index (χ1n) is 5.31. The normalized spacial score (nSPS) is 14.1. The quantitative estimate of drug-likeness (QED) is 0.874. The van der Waals surface area contributed by atoms with Crippen molar-refractivity contribution < 1.29 is 14.6 Å². The van der Waals surface area contributed by atoms with Crippen molar-refractivity contribution in [2.75, 3.05) is 6.61 Å². The van der Waals surface area contributed by atoms with Crippen LogP contribution in [0.4, 0.5) is 0 Å². The number of ether oxygens (including phenoxy) is 1. The van der Waals surface area contributed by atoms with Gasteiger partial charge in [-0.05, 0) is 19.1 Å². The number of halogens is 1. The van der Waals surface area contributed by atoms with Gasteiger partial charge in [-0.2, -0.15) is 0 Å². The van der Waals surface area contributed by atoms with Gasteiger partial charge >= 0.3 is 0 Å². The van der Waals surface area contributed by atoms with E-state index in [2.05, 4.69) is 15.9 Å². The topological polar surface area (TPSA) is 72.6 Å². The van der Waals surface area contributed by atoms with Crippen LogP contribution in [-0.4, -0.2) is 17.6 Å². The number of aliphatic hydroxyl groups excluding tert-OH is 1. The van der Waals surface area contributed by atoms with Crippen molar-refractivity contribution in [1.82, 2.24) is 0 Å². The molecule has 1 aromatic rings. The minimum atomic E-state index is -0.623. The van der Waals surface area contributed by atoms with E-state index in [1.807, 2.05) is 6.07 Å². The molecule has 5 heteroatoms. The minimum Gasteiger partial charge on any atom is -0.492 e. The van der Waals surface area contributed by atoms with E-state index < -0.39 is 12.0 Å². The summed E-state index contributed by atoms with van der Waals surface area (Å²) in [5.41, 5.74) is 5.84. The molecule has 1 rings (SSSR count). The molecular formula is C12H16BrNO3. The van der Waals surface area contributed by atoms with Gasteiger partial charge in [0.15, 0.2) is 0 Å². The van der Waals surface area contributed by atoms with Crippen LogP contribution in [0.3, 0.4) is 0 Å². The summed E-state index contributed by atoms with van der Waals surface area (Å²) in [6, 6.07) is 5.36. The van der Waals surface area contributed by atoms with Gasteiger partial charge in [-0.15, -0.1) is 0 Å². The van der Waals surface area contributed by atoms with Crippen LogP contribution < -0.4 is 10.5 Å². The highest BCUT2D eigenvalue weighted by Crippen LogP contribution is 2.28. The van der Waals surface area contributed by atoms with Crippen LogP contribution in [0.25, 0.3) is 0 Å². The highest BCUT2D eigenvalue weighted by Gasteiger charge is 2.13. The molecule has 0 saturated carbocycles. The van der Waals surface area contributed by atoms with Crippen molar-refractivity contribution in [3.63, 3.8) is 0 Å². The van der Waals surface area contributed by atoms with E-state index in [4.69, 9.17) is 10.5 Å². The average molecular weight is 302 g/mol. The van der Waals surface area contributed by atoms with E-state index >= 15 is 0 Å². The molecule has 17 heavy (non-hydrogen) atoms. The van der Waals surface area contributed by atoms with E-state index in [1.54, 1.807) is 26.0 Å². The Morgan fingerprint density at radius 1 is 1.53 bits per heavy atom. The van der Waals surface area contributed by atoms with Crippen LogP contribution >= 0.6 is 15.9 Å². The number of carbonyl (C=O) groups is 1. The van der Waals surface area contributed by atoms with E-state index in [1.165, 1.54) is 0 Å². The fourth-order valence-electron chi connectivity index (χ4n) is 1.28. The van der Waals surface area contributed by atoms with Crippen LogP contribution in [0.2, 0.25) is 0 Å². The molecule has 94 valence electrons. The largest absolute Gasteiger partial charge is 0.492 e. The Balaban J connectivity index is 2.82. The van der Waals surface area contributed by atoms with Gasteiger partial charge in [0.25, 0.3) is 0 Å². The number of nitrogens with two attached hydrogens (primary N) is 1. The van der Waals surface area contributed by atoms with Gasteiger partial charge in [0.1, 0.15) is 5.75 Å². The smallest absolute Gasteiger partial charge is 0.223 e. The Morgan fingerprint density at radius 3 is 2.71 bits per heavy atom. The molecule has 0 aliphatic heterocycles. The van der Waals surface area contributed by atoms with Crippen molar-refractivity contribution in [3.8, 4) is 5.75 Å². The Morgan fingerprint density at radius 2 is 2.18 bits per heavy atom. The first-order valence-corrected chi connectivity index (χ1v) is 6.10. The maximum atomic E-state index is 10.9. The first-order chi connectivity index (χ1) is 7.91. The fraction of sp³-hybridized carbons (Fsp3) is 0.417. The Bertz CT molecular complexity index is 407. The summed E-state index contributed by atoms with van der Waals surface area (Å²) in [6.45, 7) is 3.56.